The van der Waals surface area contributed by atoms with Gasteiger partial charge in [0.1, 0.15) is 0 Å². The van der Waals surface area contributed by atoms with E-state index in [0.29, 0.717) is 5.25 Å². The van der Waals surface area contributed by atoms with Crippen LogP contribution in [0.4, 0.5) is 0 Å². The van der Waals surface area contributed by atoms with Gasteiger partial charge in [0.25, 0.3) is 0 Å². The first kappa shape index (κ1) is 5.78. The number of hydrogen-bond donors (Lipinski definition) is 1. The lowest BCUT2D eigenvalue weighted by Gasteiger charge is -1.89. The van der Waals surface area contributed by atoms with Crippen molar-refractivity contribution >= 4 is 21.9 Å². The molecule has 2 atom stereocenters. The molecular weight excluding hydrogens is 99.1 g/mol. The topological polar surface area (TPSA) is 0 Å². The molecule has 0 spiro atoms. The normalized spacial score (nSPS) is 15.0. The first-order valence-corrected chi connectivity index (χ1v) is 2.98. The molecular formula is C3H9PS. The average Bonchev–Trinajstić information content (AvgIpc) is 1.38. The fraction of sp³-hybridized carbons (Fsp3) is 1.00. The van der Waals surface area contributed by atoms with Gasteiger partial charge in [-0.2, -0.15) is 12.6 Å². The summed E-state index contributed by atoms with van der Waals surface area (Å²) in [7, 11) is 2.62. The van der Waals surface area contributed by atoms with Gasteiger partial charge in [-0.05, 0) is 6.16 Å². The Balaban J connectivity index is 2.54. The first-order valence-electron chi connectivity index (χ1n) is 1.65. The van der Waals surface area contributed by atoms with Crippen LogP contribution in [0.15, 0.2) is 0 Å². The summed E-state index contributed by atoms with van der Waals surface area (Å²) in [6.45, 7) is 2.07. The Morgan fingerprint density at radius 2 is 2.20 bits per heavy atom. The second kappa shape index (κ2) is 2.99. The van der Waals surface area contributed by atoms with Crippen molar-refractivity contribution in [2.75, 3.05) is 6.16 Å². The maximum absolute atomic E-state index is 4.08. The van der Waals surface area contributed by atoms with Crippen LogP contribution in [0, 0.1) is 0 Å². The molecule has 0 saturated carbocycles. The Bertz CT molecular complexity index is 20.9. The third-order valence-corrected chi connectivity index (χ3v) is 1.66. The Labute approximate surface area is 41.0 Å². The molecule has 1 unspecified atom stereocenters. The van der Waals surface area contributed by atoms with E-state index >= 15 is 0 Å². The number of thiol groups is 1. The van der Waals surface area contributed by atoms with Crippen molar-refractivity contribution in [1.29, 1.82) is 0 Å². The average molecular weight is 108 g/mol. The zero-order valence-corrected chi connectivity index (χ0v) is 5.36. The van der Waals surface area contributed by atoms with E-state index in [9.17, 15) is 0 Å². The summed E-state index contributed by atoms with van der Waals surface area (Å²) in [5.74, 6) is 0. The Hall–Kier alpha value is 0.780. The monoisotopic (exact) mass is 108 g/mol. The molecule has 0 saturated heterocycles. The van der Waals surface area contributed by atoms with Crippen molar-refractivity contribution in [3.8, 4) is 0 Å². The summed E-state index contributed by atoms with van der Waals surface area (Å²) in [6, 6.07) is 0. The van der Waals surface area contributed by atoms with E-state index < -0.39 is 0 Å². The fourth-order valence-electron chi connectivity index (χ4n) is 0. The lowest BCUT2D eigenvalue weighted by atomic mass is 10.6. The molecule has 0 N–H and O–H groups in total. The molecule has 5 heavy (non-hydrogen) atoms. The molecule has 0 aromatic carbocycles. The summed E-state index contributed by atoms with van der Waals surface area (Å²) in [4.78, 5) is 0. The molecule has 0 radical (unpaired) electrons. The van der Waals surface area contributed by atoms with Crippen LogP contribution in [-0.2, 0) is 0 Å². The highest BCUT2D eigenvalue weighted by Crippen LogP contribution is 1.94. The highest BCUT2D eigenvalue weighted by molar-refractivity contribution is 7.81. The minimum Gasteiger partial charge on any atom is -0.176 e. The molecule has 0 aromatic heterocycles. The summed E-state index contributed by atoms with van der Waals surface area (Å²) < 4.78 is 0. The lowest BCUT2D eigenvalue weighted by Crippen LogP contribution is -1.87. The number of hydrogen-bond acceptors (Lipinski definition) is 1. The third-order valence-electron chi connectivity index (χ3n) is 0.341. The van der Waals surface area contributed by atoms with E-state index in [1.54, 1.807) is 0 Å². The Kier molecular flexibility index (Phi) is 3.46. The van der Waals surface area contributed by atoms with Crippen LogP contribution in [-0.4, -0.2) is 11.4 Å². The second-order valence-electron chi connectivity index (χ2n) is 1.08. The molecule has 32 valence electrons. The standard InChI is InChI=1S/C3H9PS/c1-3(5)2-4/h3,5H,2,4H2,1H3/t3-/m0/s1. The van der Waals surface area contributed by atoms with Gasteiger partial charge in [0, 0.05) is 5.25 Å². The molecule has 0 aliphatic rings. The summed E-state index contributed by atoms with van der Waals surface area (Å²) in [6.07, 6.45) is 1.09. The van der Waals surface area contributed by atoms with E-state index in [0.717, 1.165) is 6.16 Å². The SMILES string of the molecule is C[C@H](S)CP. The molecule has 0 rings (SSSR count). The van der Waals surface area contributed by atoms with E-state index in [4.69, 9.17) is 0 Å². The van der Waals surface area contributed by atoms with Crippen LogP contribution in [0.1, 0.15) is 6.92 Å². The van der Waals surface area contributed by atoms with Gasteiger partial charge in [0.15, 0.2) is 0 Å². The molecule has 0 amide bonds. The van der Waals surface area contributed by atoms with Gasteiger partial charge in [0.05, 0.1) is 0 Å². The maximum atomic E-state index is 4.08. The second-order valence-corrected chi connectivity index (χ2v) is 2.44. The first-order chi connectivity index (χ1) is 2.27. The van der Waals surface area contributed by atoms with Gasteiger partial charge in [-0.1, -0.05) is 6.92 Å². The van der Waals surface area contributed by atoms with Crippen LogP contribution in [0.5, 0.6) is 0 Å². The van der Waals surface area contributed by atoms with Crippen molar-refractivity contribution in [3.63, 3.8) is 0 Å². The molecule has 0 heterocycles. The molecule has 0 aliphatic carbocycles. The molecule has 0 aromatic rings. The maximum Gasteiger partial charge on any atom is 0.00229 e. The van der Waals surface area contributed by atoms with Crippen LogP contribution in [0.2, 0.25) is 0 Å². The molecule has 0 aliphatic heterocycles. The minimum atomic E-state index is 0.542. The van der Waals surface area contributed by atoms with Gasteiger partial charge in [-0.25, -0.2) is 0 Å². The highest BCUT2D eigenvalue weighted by Gasteiger charge is 1.81. The van der Waals surface area contributed by atoms with Crippen molar-refractivity contribution in [1.82, 2.24) is 0 Å². The fourth-order valence-corrected chi connectivity index (χ4v) is 0. The molecule has 0 fully saturated rings. The van der Waals surface area contributed by atoms with Gasteiger partial charge < -0.3 is 0 Å². The van der Waals surface area contributed by atoms with Crippen LogP contribution >= 0.6 is 21.9 Å². The smallest absolute Gasteiger partial charge is 0.00229 e. The van der Waals surface area contributed by atoms with Crippen LogP contribution in [0.25, 0.3) is 0 Å². The molecule has 2 heteroatoms. The summed E-state index contributed by atoms with van der Waals surface area (Å²) >= 11 is 4.08. The van der Waals surface area contributed by atoms with Gasteiger partial charge in [-0.3, -0.25) is 0 Å². The van der Waals surface area contributed by atoms with Gasteiger partial charge >= 0.3 is 0 Å². The van der Waals surface area contributed by atoms with Gasteiger partial charge in [0.2, 0.25) is 0 Å². The van der Waals surface area contributed by atoms with E-state index in [1.165, 1.54) is 0 Å². The zero-order chi connectivity index (χ0) is 4.28. The lowest BCUT2D eigenvalue weighted by molar-refractivity contribution is 1.14. The largest absolute Gasteiger partial charge is 0.176 e. The van der Waals surface area contributed by atoms with Crippen molar-refractivity contribution in [3.05, 3.63) is 0 Å². The molecule has 0 nitrogen and oxygen atoms in total. The predicted molar refractivity (Wildman–Crippen MR) is 33.0 cm³/mol. The Morgan fingerprint density at radius 3 is 2.20 bits per heavy atom. The van der Waals surface area contributed by atoms with E-state index in [2.05, 4.69) is 28.8 Å². The zero-order valence-electron chi connectivity index (χ0n) is 3.31. The van der Waals surface area contributed by atoms with E-state index in [-0.39, 0.29) is 0 Å². The van der Waals surface area contributed by atoms with E-state index in [1.807, 2.05) is 0 Å². The van der Waals surface area contributed by atoms with Gasteiger partial charge in [-0.15, -0.1) is 9.24 Å². The van der Waals surface area contributed by atoms with Crippen molar-refractivity contribution < 1.29 is 0 Å². The number of rotatable bonds is 1. The van der Waals surface area contributed by atoms with Crippen molar-refractivity contribution in [2.24, 2.45) is 0 Å². The summed E-state index contributed by atoms with van der Waals surface area (Å²) in [5.41, 5.74) is 0. The predicted octanol–water partition coefficient (Wildman–Crippen LogP) is 1.18. The van der Waals surface area contributed by atoms with Crippen molar-refractivity contribution in [2.45, 2.75) is 12.2 Å². The Morgan fingerprint density at radius 1 is 2.00 bits per heavy atom. The van der Waals surface area contributed by atoms with Crippen LogP contribution in [0.3, 0.4) is 0 Å². The minimum absolute atomic E-state index is 0.542. The summed E-state index contributed by atoms with van der Waals surface area (Å²) in [5, 5.41) is 0.542. The highest BCUT2D eigenvalue weighted by atomic mass is 32.1. The quantitative estimate of drug-likeness (QED) is 0.378. The van der Waals surface area contributed by atoms with Crippen LogP contribution < -0.4 is 0 Å². The third kappa shape index (κ3) is 4.78. The molecule has 0 bridgehead atoms.